The Morgan fingerprint density at radius 1 is 1.33 bits per heavy atom. The van der Waals surface area contributed by atoms with Gasteiger partial charge in [0, 0.05) is 23.7 Å². The Balaban J connectivity index is 1.89. The first-order valence-corrected chi connectivity index (χ1v) is 8.04. The van der Waals surface area contributed by atoms with Gasteiger partial charge in [-0.15, -0.1) is 0 Å². The average molecular weight is 293 g/mol. The molecule has 0 amide bonds. The van der Waals surface area contributed by atoms with Crippen molar-refractivity contribution in [2.24, 2.45) is 0 Å². The molecule has 4 heteroatoms. The van der Waals surface area contributed by atoms with Crippen LogP contribution in [-0.4, -0.2) is 48.6 Å². The van der Waals surface area contributed by atoms with Gasteiger partial charge in [-0.2, -0.15) is 0 Å². The van der Waals surface area contributed by atoms with E-state index in [9.17, 15) is 0 Å². The summed E-state index contributed by atoms with van der Waals surface area (Å²) in [6, 6.07) is 2.81. The molecule has 1 fully saturated rings. The number of nitrogens with one attached hydrogen (secondary N) is 1. The Labute approximate surface area is 129 Å². The zero-order valence-corrected chi connectivity index (χ0v) is 14.3. The third-order valence-electron chi connectivity index (χ3n) is 4.35. The molecule has 0 radical (unpaired) electrons. The molecule has 0 atom stereocenters. The van der Waals surface area contributed by atoms with Crippen LogP contribution in [0.15, 0.2) is 16.7 Å². The fourth-order valence-electron chi connectivity index (χ4n) is 2.84. The first kappa shape index (κ1) is 16.5. The van der Waals surface area contributed by atoms with E-state index < -0.39 is 0 Å². The lowest BCUT2D eigenvalue weighted by molar-refractivity contribution is 0.138. The number of likely N-dealkylation sites (tertiary alicyclic amines) is 1. The molecule has 4 nitrogen and oxygen atoms in total. The summed E-state index contributed by atoms with van der Waals surface area (Å²) in [5.74, 6) is 1.07. The molecule has 0 unspecified atom stereocenters. The van der Waals surface area contributed by atoms with Crippen LogP contribution in [0.3, 0.4) is 0 Å². The Bertz CT molecular complexity index is 427. The standard InChI is InChI=1S/C17H31N3O/c1-17(2,3)18-12-16-14(8-11-21-16)13-20(5)15-6-9-19(4)10-7-15/h8,11,15,18H,6-7,9-10,12-13H2,1-5H3. The molecule has 21 heavy (non-hydrogen) atoms. The van der Waals surface area contributed by atoms with Crippen molar-refractivity contribution in [3.8, 4) is 0 Å². The molecule has 1 saturated heterocycles. The van der Waals surface area contributed by atoms with E-state index in [1.165, 1.54) is 31.5 Å². The van der Waals surface area contributed by atoms with Crippen LogP contribution in [0.1, 0.15) is 44.9 Å². The second-order valence-corrected chi connectivity index (χ2v) is 7.42. The maximum absolute atomic E-state index is 5.67. The topological polar surface area (TPSA) is 31.6 Å². The number of hydrogen-bond acceptors (Lipinski definition) is 4. The summed E-state index contributed by atoms with van der Waals surface area (Å²) in [5, 5.41) is 3.50. The number of furan rings is 1. The van der Waals surface area contributed by atoms with Gasteiger partial charge in [0.2, 0.25) is 0 Å². The van der Waals surface area contributed by atoms with Crippen LogP contribution in [0.5, 0.6) is 0 Å². The van der Waals surface area contributed by atoms with Gasteiger partial charge in [-0.3, -0.25) is 4.90 Å². The highest BCUT2D eigenvalue weighted by Crippen LogP contribution is 2.19. The molecule has 0 aromatic carbocycles. The summed E-state index contributed by atoms with van der Waals surface area (Å²) < 4.78 is 5.67. The molecule has 0 aliphatic carbocycles. The molecule has 0 spiro atoms. The third-order valence-corrected chi connectivity index (χ3v) is 4.35. The predicted octanol–water partition coefficient (Wildman–Crippen LogP) is 2.69. The van der Waals surface area contributed by atoms with E-state index in [4.69, 9.17) is 4.42 Å². The maximum atomic E-state index is 5.67. The zero-order chi connectivity index (χ0) is 15.5. The van der Waals surface area contributed by atoms with Crippen LogP contribution in [0.25, 0.3) is 0 Å². The van der Waals surface area contributed by atoms with Gasteiger partial charge in [-0.25, -0.2) is 0 Å². The van der Waals surface area contributed by atoms with Gasteiger partial charge >= 0.3 is 0 Å². The van der Waals surface area contributed by atoms with Crippen molar-refractivity contribution in [2.45, 2.75) is 58.3 Å². The average Bonchev–Trinajstić information content (AvgIpc) is 2.83. The molecule has 1 aliphatic rings. The minimum atomic E-state index is 0.115. The first-order valence-electron chi connectivity index (χ1n) is 8.04. The highest BCUT2D eigenvalue weighted by atomic mass is 16.3. The molecule has 120 valence electrons. The van der Waals surface area contributed by atoms with Crippen molar-refractivity contribution in [3.05, 3.63) is 23.7 Å². The molecule has 2 rings (SSSR count). The molecule has 1 aliphatic heterocycles. The SMILES string of the molecule is CN1CCC(N(C)Cc2ccoc2CNC(C)(C)C)CC1. The molecule has 1 N–H and O–H groups in total. The van der Waals surface area contributed by atoms with Crippen LogP contribution in [0.2, 0.25) is 0 Å². The van der Waals surface area contributed by atoms with Gasteiger partial charge in [0.1, 0.15) is 5.76 Å². The van der Waals surface area contributed by atoms with E-state index in [2.05, 4.69) is 56.0 Å². The van der Waals surface area contributed by atoms with Crippen molar-refractivity contribution in [3.63, 3.8) is 0 Å². The van der Waals surface area contributed by atoms with Crippen molar-refractivity contribution >= 4 is 0 Å². The van der Waals surface area contributed by atoms with Gasteiger partial charge in [0.15, 0.2) is 0 Å². The minimum absolute atomic E-state index is 0.115. The highest BCUT2D eigenvalue weighted by molar-refractivity contribution is 5.17. The third kappa shape index (κ3) is 5.13. The van der Waals surface area contributed by atoms with Gasteiger partial charge in [0.25, 0.3) is 0 Å². The van der Waals surface area contributed by atoms with Crippen LogP contribution < -0.4 is 5.32 Å². The van der Waals surface area contributed by atoms with Gasteiger partial charge in [-0.05, 0) is 66.9 Å². The lowest BCUT2D eigenvalue weighted by Gasteiger charge is -2.35. The van der Waals surface area contributed by atoms with Crippen LogP contribution in [0.4, 0.5) is 0 Å². The normalized spacial score (nSPS) is 18.6. The predicted molar refractivity (Wildman–Crippen MR) is 87.3 cm³/mol. The summed E-state index contributed by atoms with van der Waals surface area (Å²) in [7, 11) is 4.45. The Morgan fingerprint density at radius 3 is 2.62 bits per heavy atom. The molecular formula is C17H31N3O. The Kier molecular flexibility index (Phi) is 5.47. The van der Waals surface area contributed by atoms with Gasteiger partial charge in [-0.1, -0.05) is 0 Å². The van der Waals surface area contributed by atoms with Crippen molar-refractivity contribution in [1.29, 1.82) is 0 Å². The summed E-state index contributed by atoms with van der Waals surface area (Å²) in [5.41, 5.74) is 1.43. The van der Waals surface area contributed by atoms with E-state index in [1.54, 1.807) is 0 Å². The fraction of sp³-hybridized carbons (Fsp3) is 0.765. The number of hydrogen-bond donors (Lipinski definition) is 1. The van der Waals surface area contributed by atoms with Gasteiger partial charge in [0.05, 0.1) is 12.8 Å². The van der Waals surface area contributed by atoms with E-state index in [-0.39, 0.29) is 5.54 Å². The largest absolute Gasteiger partial charge is 0.468 e. The van der Waals surface area contributed by atoms with Crippen molar-refractivity contribution < 1.29 is 4.42 Å². The summed E-state index contributed by atoms with van der Waals surface area (Å²) in [6.45, 7) is 10.7. The number of rotatable bonds is 5. The fourth-order valence-corrected chi connectivity index (χ4v) is 2.84. The zero-order valence-electron chi connectivity index (χ0n) is 14.3. The monoisotopic (exact) mass is 293 g/mol. The molecule has 1 aromatic rings. The molecule has 2 heterocycles. The number of piperidine rings is 1. The van der Waals surface area contributed by atoms with Crippen LogP contribution in [0, 0.1) is 0 Å². The first-order chi connectivity index (χ1) is 9.85. The molecule has 0 saturated carbocycles. The van der Waals surface area contributed by atoms with Crippen LogP contribution in [-0.2, 0) is 13.1 Å². The smallest absolute Gasteiger partial charge is 0.122 e. The van der Waals surface area contributed by atoms with Crippen molar-refractivity contribution in [2.75, 3.05) is 27.2 Å². The summed E-state index contributed by atoms with van der Waals surface area (Å²) in [4.78, 5) is 4.90. The highest BCUT2D eigenvalue weighted by Gasteiger charge is 2.22. The van der Waals surface area contributed by atoms with E-state index in [1.807, 2.05) is 6.26 Å². The van der Waals surface area contributed by atoms with E-state index >= 15 is 0 Å². The minimum Gasteiger partial charge on any atom is -0.468 e. The Morgan fingerprint density at radius 2 is 2.00 bits per heavy atom. The van der Waals surface area contributed by atoms with Gasteiger partial charge < -0.3 is 14.6 Å². The Hall–Kier alpha value is -0.840. The molecule has 1 aromatic heterocycles. The number of nitrogens with zero attached hydrogens (tertiary/aromatic N) is 2. The molecular weight excluding hydrogens is 262 g/mol. The lowest BCUT2D eigenvalue weighted by atomic mass is 10.0. The maximum Gasteiger partial charge on any atom is 0.122 e. The quantitative estimate of drug-likeness (QED) is 0.904. The molecule has 0 bridgehead atoms. The van der Waals surface area contributed by atoms with Crippen molar-refractivity contribution in [1.82, 2.24) is 15.1 Å². The van der Waals surface area contributed by atoms with Crippen LogP contribution >= 0.6 is 0 Å². The second-order valence-electron chi connectivity index (χ2n) is 7.42. The second kappa shape index (κ2) is 6.95. The summed E-state index contributed by atoms with van der Waals surface area (Å²) in [6.07, 6.45) is 4.35. The van der Waals surface area contributed by atoms with E-state index in [0.717, 1.165) is 18.8 Å². The van der Waals surface area contributed by atoms with E-state index in [0.29, 0.717) is 6.04 Å². The summed E-state index contributed by atoms with van der Waals surface area (Å²) >= 11 is 0. The lowest BCUT2D eigenvalue weighted by Crippen LogP contribution is -2.41.